The first-order chi connectivity index (χ1) is 17.1. The first-order valence-corrected chi connectivity index (χ1v) is 13.9. The van der Waals surface area contributed by atoms with Gasteiger partial charge in [-0.05, 0) is 83.4 Å². The van der Waals surface area contributed by atoms with E-state index in [-0.39, 0.29) is 11.9 Å². The van der Waals surface area contributed by atoms with Gasteiger partial charge < -0.3 is 9.47 Å². The molecule has 0 aromatic heterocycles. The monoisotopic (exact) mass is 513 g/mol. The van der Waals surface area contributed by atoms with Crippen molar-refractivity contribution in [2.75, 3.05) is 26.3 Å². The lowest BCUT2D eigenvalue weighted by molar-refractivity contribution is -0.137. The molecule has 194 valence electrons. The Morgan fingerprint density at radius 1 is 1.00 bits per heavy atom. The van der Waals surface area contributed by atoms with Crippen LogP contribution in [-0.4, -0.2) is 61.7 Å². The van der Waals surface area contributed by atoms with Crippen LogP contribution in [0.25, 0.3) is 0 Å². The third-order valence-electron chi connectivity index (χ3n) is 6.76. The van der Waals surface area contributed by atoms with E-state index in [4.69, 9.17) is 14.6 Å². The summed E-state index contributed by atoms with van der Waals surface area (Å²) in [5, 5.41) is 6.36. The fourth-order valence-electron chi connectivity index (χ4n) is 4.78. The molecule has 9 heteroatoms. The highest BCUT2D eigenvalue weighted by Gasteiger charge is 2.47. The SMILES string of the molecule is CCOc1ccc(C2=NN(C3CCN(S(=O)(=O)c4cccc(C)c4)CC3)C(=O)C2(C)C)cc1OCC. The molecule has 1 amide bonds. The molecule has 2 aromatic rings. The van der Waals surface area contributed by atoms with Gasteiger partial charge in [-0.25, -0.2) is 13.4 Å². The molecule has 0 bridgehead atoms. The highest BCUT2D eigenvalue weighted by Crippen LogP contribution is 2.38. The lowest BCUT2D eigenvalue weighted by Gasteiger charge is -2.35. The van der Waals surface area contributed by atoms with Crippen LogP contribution < -0.4 is 9.47 Å². The summed E-state index contributed by atoms with van der Waals surface area (Å²) in [7, 11) is -3.57. The Balaban J connectivity index is 1.54. The number of sulfonamides is 1. The largest absolute Gasteiger partial charge is 0.490 e. The molecule has 2 aromatic carbocycles. The molecule has 8 nitrogen and oxygen atoms in total. The van der Waals surface area contributed by atoms with Crippen LogP contribution in [-0.2, 0) is 14.8 Å². The van der Waals surface area contributed by atoms with Crippen LogP contribution in [0.4, 0.5) is 0 Å². The van der Waals surface area contributed by atoms with Gasteiger partial charge in [0.2, 0.25) is 10.0 Å². The van der Waals surface area contributed by atoms with Crippen LogP contribution in [0.2, 0.25) is 0 Å². The zero-order valence-corrected chi connectivity index (χ0v) is 22.5. The van der Waals surface area contributed by atoms with E-state index >= 15 is 0 Å². The van der Waals surface area contributed by atoms with E-state index < -0.39 is 15.4 Å². The van der Waals surface area contributed by atoms with Gasteiger partial charge in [0.15, 0.2) is 11.5 Å². The molecule has 0 spiro atoms. The van der Waals surface area contributed by atoms with Gasteiger partial charge in [-0.15, -0.1) is 0 Å². The van der Waals surface area contributed by atoms with Crippen molar-refractivity contribution in [1.82, 2.24) is 9.31 Å². The Kier molecular flexibility index (Phi) is 7.43. The number of amides is 1. The molecule has 0 N–H and O–H groups in total. The van der Waals surface area contributed by atoms with Crippen molar-refractivity contribution >= 4 is 21.6 Å². The number of carbonyl (C=O) groups excluding carboxylic acids is 1. The molecular weight excluding hydrogens is 478 g/mol. The summed E-state index contributed by atoms with van der Waals surface area (Å²) in [6.45, 7) is 11.2. The minimum atomic E-state index is -3.57. The molecule has 0 aliphatic carbocycles. The fourth-order valence-corrected chi connectivity index (χ4v) is 6.36. The Morgan fingerprint density at radius 2 is 1.67 bits per heavy atom. The van der Waals surface area contributed by atoms with Crippen LogP contribution in [0.15, 0.2) is 52.5 Å². The summed E-state index contributed by atoms with van der Waals surface area (Å²) < 4.78 is 39.2. The van der Waals surface area contributed by atoms with Crippen molar-refractivity contribution in [3.8, 4) is 11.5 Å². The van der Waals surface area contributed by atoms with E-state index in [0.29, 0.717) is 61.3 Å². The highest BCUT2D eigenvalue weighted by molar-refractivity contribution is 7.89. The number of ether oxygens (including phenoxy) is 2. The second kappa shape index (κ2) is 10.2. The number of aryl methyl sites for hydroxylation is 1. The highest BCUT2D eigenvalue weighted by atomic mass is 32.2. The topological polar surface area (TPSA) is 88.5 Å². The van der Waals surface area contributed by atoms with E-state index in [1.807, 2.05) is 58.9 Å². The van der Waals surface area contributed by atoms with Gasteiger partial charge in [0, 0.05) is 18.7 Å². The number of nitrogens with zero attached hydrogens (tertiary/aromatic N) is 3. The predicted octanol–water partition coefficient (Wildman–Crippen LogP) is 4.22. The number of benzene rings is 2. The van der Waals surface area contributed by atoms with Crippen molar-refractivity contribution in [3.63, 3.8) is 0 Å². The zero-order chi connectivity index (χ0) is 26.1. The van der Waals surface area contributed by atoms with Crippen molar-refractivity contribution < 1.29 is 22.7 Å². The number of hydrazone groups is 1. The molecule has 0 unspecified atom stereocenters. The van der Waals surface area contributed by atoms with Gasteiger partial charge >= 0.3 is 0 Å². The summed E-state index contributed by atoms with van der Waals surface area (Å²) in [6.07, 6.45) is 1.05. The summed E-state index contributed by atoms with van der Waals surface area (Å²) in [5.41, 5.74) is 1.56. The van der Waals surface area contributed by atoms with Gasteiger partial charge in [0.1, 0.15) is 0 Å². The Hall–Kier alpha value is -2.91. The van der Waals surface area contributed by atoms with Crippen molar-refractivity contribution in [3.05, 3.63) is 53.6 Å². The molecular formula is C27H35N3O5S. The minimum absolute atomic E-state index is 0.0793. The number of hydrogen-bond acceptors (Lipinski definition) is 6. The Bertz CT molecular complexity index is 1260. The predicted molar refractivity (Wildman–Crippen MR) is 139 cm³/mol. The van der Waals surface area contributed by atoms with Crippen molar-refractivity contribution in [2.45, 2.75) is 58.4 Å². The second-order valence-corrected chi connectivity index (χ2v) is 11.6. The maximum atomic E-state index is 13.5. The Morgan fingerprint density at radius 3 is 2.31 bits per heavy atom. The number of rotatable bonds is 8. The van der Waals surface area contributed by atoms with Crippen LogP contribution >= 0.6 is 0 Å². The average Bonchev–Trinajstić information content (AvgIpc) is 3.09. The number of piperidine rings is 1. The second-order valence-electron chi connectivity index (χ2n) is 9.70. The molecule has 0 atom stereocenters. The number of hydrogen-bond donors (Lipinski definition) is 0. The molecule has 4 rings (SSSR count). The maximum Gasteiger partial charge on any atom is 0.254 e. The third-order valence-corrected chi connectivity index (χ3v) is 8.65. The smallest absolute Gasteiger partial charge is 0.254 e. The lowest BCUT2D eigenvalue weighted by atomic mass is 9.83. The van der Waals surface area contributed by atoms with E-state index in [2.05, 4.69) is 0 Å². The van der Waals surface area contributed by atoms with Gasteiger partial charge in [0.25, 0.3) is 5.91 Å². The van der Waals surface area contributed by atoms with Gasteiger partial charge in [-0.3, -0.25) is 4.79 Å². The summed E-state index contributed by atoms with van der Waals surface area (Å²) >= 11 is 0. The van der Waals surface area contributed by atoms with Crippen LogP contribution in [0.3, 0.4) is 0 Å². The average molecular weight is 514 g/mol. The van der Waals surface area contributed by atoms with Crippen LogP contribution in [0, 0.1) is 12.3 Å². The van der Waals surface area contributed by atoms with E-state index in [1.165, 1.54) is 4.31 Å². The fraction of sp³-hybridized carbons (Fsp3) is 0.481. The van der Waals surface area contributed by atoms with Crippen LogP contribution in [0.5, 0.6) is 11.5 Å². The molecule has 2 aliphatic heterocycles. The van der Waals surface area contributed by atoms with E-state index in [9.17, 15) is 13.2 Å². The summed E-state index contributed by atoms with van der Waals surface area (Å²) in [6, 6.07) is 12.4. The van der Waals surface area contributed by atoms with Gasteiger partial charge in [0.05, 0.1) is 35.3 Å². The van der Waals surface area contributed by atoms with Crippen LogP contribution in [0.1, 0.15) is 51.7 Å². The maximum absolute atomic E-state index is 13.5. The normalized spacial score (nSPS) is 18.9. The van der Waals surface area contributed by atoms with Gasteiger partial charge in [-0.1, -0.05) is 12.1 Å². The Labute approximate surface area is 213 Å². The van der Waals surface area contributed by atoms with Gasteiger partial charge in [-0.2, -0.15) is 9.41 Å². The first kappa shape index (κ1) is 26.2. The standard InChI is InChI=1S/C27H35N3O5S/c1-6-34-23-12-11-20(18-24(23)35-7-2)25-27(4,5)26(31)30(28-25)21-13-15-29(16-14-21)36(32,33)22-10-8-9-19(3)17-22/h8-12,17-18,21H,6-7,13-16H2,1-5H3. The molecule has 1 fully saturated rings. The summed E-state index contributed by atoms with van der Waals surface area (Å²) in [5.74, 6) is 1.20. The molecule has 2 heterocycles. The quantitative estimate of drug-likeness (QED) is 0.527. The summed E-state index contributed by atoms with van der Waals surface area (Å²) in [4.78, 5) is 13.8. The van der Waals surface area contributed by atoms with Crippen molar-refractivity contribution in [1.29, 1.82) is 0 Å². The minimum Gasteiger partial charge on any atom is -0.490 e. The molecule has 2 aliphatic rings. The zero-order valence-electron chi connectivity index (χ0n) is 21.7. The van der Waals surface area contributed by atoms with E-state index in [0.717, 1.165) is 11.1 Å². The van der Waals surface area contributed by atoms with Crippen molar-refractivity contribution in [2.24, 2.45) is 10.5 Å². The molecule has 0 saturated carbocycles. The first-order valence-electron chi connectivity index (χ1n) is 12.5. The molecule has 36 heavy (non-hydrogen) atoms. The molecule has 0 radical (unpaired) electrons. The third kappa shape index (κ3) is 4.86. The number of carbonyl (C=O) groups is 1. The lowest BCUT2D eigenvalue weighted by Crippen LogP contribution is -2.47. The van der Waals surface area contributed by atoms with E-state index in [1.54, 1.807) is 23.2 Å². The molecule has 1 saturated heterocycles.